The third-order valence-corrected chi connectivity index (χ3v) is 6.47. The molecule has 55 heavy (non-hydrogen) atoms. The molecule has 15 nitrogen and oxygen atoms in total. The van der Waals surface area contributed by atoms with E-state index in [-0.39, 0.29) is 23.4 Å². The fraction of sp³-hybridized carbons (Fsp3) is 0.850. The average molecular weight is 804 g/mol. The molecule has 0 spiro atoms. The molecule has 5 atom stereocenters. The zero-order valence-corrected chi connectivity index (χ0v) is 37.1. The van der Waals surface area contributed by atoms with Gasteiger partial charge < -0.3 is 46.3 Å². The summed E-state index contributed by atoms with van der Waals surface area (Å²) >= 11 is 0. The second kappa shape index (κ2) is 32.8. The van der Waals surface area contributed by atoms with Crippen molar-refractivity contribution in [2.75, 3.05) is 0 Å². The van der Waals surface area contributed by atoms with E-state index in [1.165, 1.54) is 0 Å². The number of carboxylic acid groups (broad SMARTS) is 3. The van der Waals surface area contributed by atoms with Crippen molar-refractivity contribution < 1.29 is 58.3 Å². The number of amides is 1. The van der Waals surface area contributed by atoms with Crippen molar-refractivity contribution in [3.8, 4) is 0 Å². The summed E-state index contributed by atoms with van der Waals surface area (Å²) in [6.07, 6.45) is 7.15. The maximum atomic E-state index is 12.0. The van der Waals surface area contributed by atoms with Crippen molar-refractivity contribution in [2.24, 2.45) is 23.3 Å². The van der Waals surface area contributed by atoms with Gasteiger partial charge in [-0.3, -0.25) is 19.2 Å². The predicted molar refractivity (Wildman–Crippen MR) is 217 cm³/mol. The molecule has 0 unspecified atom stereocenters. The van der Waals surface area contributed by atoms with E-state index >= 15 is 0 Å². The first kappa shape index (κ1) is 60.8. The Morgan fingerprint density at radius 2 is 0.800 bits per heavy atom. The lowest BCUT2D eigenvalue weighted by atomic mass is 10.2. The molecule has 0 saturated carbocycles. The monoisotopic (exact) mass is 804 g/mol. The Balaban J connectivity index is -0.000000200. The molecule has 0 radical (unpaired) electrons. The van der Waals surface area contributed by atoms with Gasteiger partial charge in [0.2, 0.25) is 0 Å². The van der Waals surface area contributed by atoms with Crippen LogP contribution in [0.15, 0.2) is 0 Å². The summed E-state index contributed by atoms with van der Waals surface area (Å²) in [5.41, 5.74) is 8.75. The van der Waals surface area contributed by atoms with E-state index in [9.17, 15) is 28.8 Å². The molecule has 0 aromatic carbocycles. The van der Waals surface area contributed by atoms with Crippen LogP contribution in [0.1, 0.15) is 175 Å². The van der Waals surface area contributed by atoms with Crippen molar-refractivity contribution in [1.29, 1.82) is 0 Å². The van der Waals surface area contributed by atoms with Crippen molar-refractivity contribution >= 4 is 35.9 Å². The van der Waals surface area contributed by atoms with E-state index in [2.05, 4.69) is 12.2 Å². The zero-order chi connectivity index (χ0) is 44.8. The normalized spacial score (nSPS) is 13.6. The maximum Gasteiger partial charge on any atom is 0.408 e. The van der Waals surface area contributed by atoms with Crippen LogP contribution in [-0.2, 0) is 38.2 Å². The molecule has 0 aromatic heterocycles. The van der Waals surface area contributed by atoms with Gasteiger partial charge in [0.05, 0.1) is 11.8 Å². The predicted octanol–water partition coefficient (Wildman–Crippen LogP) is 7.69. The average Bonchev–Trinajstić information content (AvgIpc) is 3.00. The highest BCUT2D eigenvalue weighted by Crippen LogP contribution is 2.14. The Kier molecular flexibility index (Phi) is 36.2. The number of carbonyl (C=O) groups is 6. The number of nitrogens with one attached hydrogen (secondary N) is 1. The van der Waals surface area contributed by atoms with Crippen LogP contribution in [0, 0.1) is 11.8 Å². The van der Waals surface area contributed by atoms with Gasteiger partial charge in [-0.2, -0.15) is 0 Å². The molecule has 0 saturated heterocycles. The number of hydrogen-bond donors (Lipinski definition) is 6. The van der Waals surface area contributed by atoms with E-state index < -0.39 is 59.3 Å². The van der Waals surface area contributed by atoms with Gasteiger partial charge in [-0.05, 0) is 94.4 Å². The van der Waals surface area contributed by atoms with Crippen molar-refractivity contribution in [3.05, 3.63) is 0 Å². The minimum Gasteiger partial charge on any atom is -0.481 e. The van der Waals surface area contributed by atoms with Crippen molar-refractivity contribution in [3.63, 3.8) is 0 Å². The van der Waals surface area contributed by atoms with E-state index in [0.717, 1.165) is 44.9 Å². The number of rotatable bonds is 16. The van der Waals surface area contributed by atoms with Crippen molar-refractivity contribution in [1.82, 2.24) is 5.32 Å². The van der Waals surface area contributed by atoms with Gasteiger partial charge in [-0.15, -0.1) is 0 Å². The van der Waals surface area contributed by atoms with Crippen LogP contribution in [0.3, 0.4) is 0 Å². The number of esters is 2. The number of carbonyl (C=O) groups excluding carboxylic acids is 3. The Labute approximate surface area is 332 Å². The van der Waals surface area contributed by atoms with Gasteiger partial charge in [-0.1, -0.05) is 80.6 Å². The zero-order valence-electron chi connectivity index (χ0n) is 37.1. The Morgan fingerprint density at radius 3 is 1.04 bits per heavy atom. The van der Waals surface area contributed by atoms with E-state index in [4.69, 9.17) is 41.0 Å². The van der Waals surface area contributed by atoms with Gasteiger partial charge in [0.15, 0.2) is 0 Å². The summed E-state index contributed by atoms with van der Waals surface area (Å²) in [6, 6.07) is -2.00. The van der Waals surface area contributed by atoms with Gasteiger partial charge in [-0.25, -0.2) is 9.59 Å². The highest BCUT2D eigenvalue weighted by atomic mass is 16.6. The summed E-state index contributed by atoms with van der Waals surface area (Å²) in [7, 11) is 0. The largest absolute Gasteiger partial charge is 0.481 e. The molecule has 8 N–H and O–H groups in total. The lowest BCUT2D eigenvalue weighted by molar-refractivity contribution is -0.160. The molecule has 0 aliphatic rings. The van der Waals surface area contributed by atoms with Gasteiger partial charge in [0, 0.05) is 0 Å². The first-order valence-corrected chi connectivity index (χ1v) is 19.5. The number of alkyl carbamates (subject to hydrolysis) is 1. The molecule has 0 aliphatic heterocycles. The topological polar surface area (TPSA) is 255 Å². The second-order valence-electron chi connectivity index (χ2n) is 16.2. The summed E-state index contributed by atoms with van der Waals surface area (Å²) in [5, 5.41) is 27.3. The molecular weight excluding hydrogens is 722 g/mol. The fourth-order valence-electron chi connectivity index (χ4n) is 3.74. The van der Waals surface area contributed by atoms with Crippen LogP contribution < -0.4 is 16.8 Å². The van der Waals surface area contributed by atoms with Gasteiger partial charge in [0.1, 0.15) is 34.9 Å². The molecule has 0 fully saturated rings. The lowest BCUT2D eigenvalue weighted by Crippen LogP contribution is -2.45. The van der Waals surface area contributed by atoms with Crippen LogP contribution in [0.2, 0.25) is 0 Å². The fourth-order valence-corrected chi connectivity index (χ4v) is 3.74. The molecule has 0 aromatic rings. The van der Waals surface area contributed by atoms with Crippen LogP contribution >= 0.6 is 0 Å². The minimum absolute atomic E-state index is 0.0363. The third-order valence-electron chi connectivity index (χ3n) is 6.47. The maximum absolute atomic E-state index is 12.0. The van der Waals surface area contributed by atoms with Gasteiger partial charge >= 0.3 is 35.9 Å². The van der Waals surface area contributed by atoms with Crippen LogP contribution in [0.5, 0.6) is 0 Å². The second-order valence-corrected chi connectivity index (χ2v) is 16.2. The third kappa shape index (κ3) is 46.6. The minimum atomic E-state index is -0.910. The molecule has 0 rings (SSSR count). The summed E-state index contributed by atoms with van der Waals surface area (Å²) in [5.74, 6) is -3.15. The van der Waals surface area contributed by atoms with Gasteiger partial charge in [0.25, 0.3) is 0 Å². The summed E-state index contributed by atoms with van der Waals surface area (Å²) in [4.78, 5) is 65.0. The number of nitrogens with two attached hydrogens (primary N) is 2. The first-order chi connectivity index (χ1) is 24.9. The highest BCUT2D eigenvalue weighted by molar-refractivity contribution is 5.81. The van der Waals surface area contributed by atoms with E-state index in [1.807, 2.05) is 55.4 Å². The van der Waals surface area contributed by atoms with Crippen molar-refractivity contribution in [2.45, 2.75) is 210 Å². The highest BCUT2D eigenvalue weighted by Gasteiger charge is 2.28. The molecule has 15 heteroatoms. The Morgan fingerprint density at radius 1 is 0.491 bits per heavy atom. The summed E-state index contributed by atoms with van der Waals surface area (Å²) in [6.45, 7) is 29.8. The standard InChI is InChI=1S/C14H27NO4.C10H20O2.C6H12O2.2C5H11NO2/c1-8-9-10(11(16)18-13(2,3)4)15-12(17)19-14(5,6)7;1-6-7-8(2)9(11)12-10(3,4)5;1-3-4-5(2)6(7)8;2*1-2-3-4(6)5(7)8/h10H,8-9H2,1-7H3,(H,15,17);8H,6-7H2,1-5H3;5H,3-4H2,1-2H3,(H,7,8);2*4H,2-3,6H2,1H3,(H,7,8)/t10-;8-;5-;2*4-/m11111/s1/i9+1,15+1;7+1;4+1;2*3+1,6+1. The quantitative estimate of drug-likeness (QED) is 0.0379. The molecule has 0 heterocycles. The summed E-state index contributed by atoms with van der Waals surface area (Å²) < 4.78 is 15.6. The van der Waals surface area contributed by atoms with Crippen LogP contribution in [0.25, 0.3) is 0 Å². The Bertz CT molecular complexity index is 1010. The molecule has 328 valence electrons. The number of carboxylic acids is 3. The van der Waals surface area contributed by atoms with E-state index in [0.29, 0.717) is 19.3 Å². The molecular formula is C40H81N3O12. The van der Waals surface area contributed by atoms with E-state index in [1.54, 1.807) is 48.5 Å². The molecule has 0 aliphatic carbocycles. The lowest BCUT2D eigenvalue weighted by Gasteiger charge is -2.26. The molecule has 0 bridgehead atoms. The number of ether oxygens (including phenoxy) is 3. The van der Waals surface area contributed by atoms with Crippen LogP contribution in [0.4, 0.5) is 4.79 Å². The van der Waals surface area contributed by atoms with Crippen LogP contribution in [-0.4, -0.2) is 86.2 Å². The number of aliphatic carboxylic acids is 3. The SMILES string of the molecule is CC[13CH2][C@@H](C)C(=O)O.CC[13CH2][C@@H](C)C(=O)OC(C)(C)C.CC[13CH2][C@@H]([15NH2])C(=O)O.CC[13CH2][C@@H]([15NH2])C(=O)O.CC[13CH2][C@@H]([15NH]C(=O)OC(C)(C)C)C(=O)OC(C)(C)C. The smallest absolute Gasteiger partial charge is 0.408 e. The Hall–Kier alpha value is -3.46. The first-order valence-electron chi connectivity index (χ1n) is 19.5. The molecule has 1 amide bonds. The number of hydrogen-bond acceptors (Lipinski definition) is 11.